The van der Waals surface area contributed by atoms with Crippen molar-refractivity contribution in [2.24, 2.45) is 5.41 Å². The van der Waals surface area contributed by atoms with Gasteiger partial charge in [0.25, 0.3) is 0 Å². The molecule has 0 spiro atoms. The number of hydrogen-bond acceptors (Lipinski definition) is 2. The Morgan fingerprint density at radius 2 is 1.92 bits per heavy atom. The maximum atomic E-state index is 11.3. The normalized spacial score (nSPS) is 11.4. The van der Waals surface area contributed by atoms with Gasteiger partial charge in [0.1, 0.15) is 0 Å². The van der Waals surface area contributed by atoms with Crippen LogP contribution in [0.1, 0.15) is 52.9 Å². The van der Waals surface area contributed by atoms with Crippen LogP contribution >= 0.6 is 0 Å². The first-order chi connectivity index (χ1) is 6.04. The Balaban J connectivity index is 3.69. The molecule has 0 radical (unpaired) electrons. The van der Waals surface area contributed by atoms with E-state index in [0.29, 0.717) is 25.2 Å². The van der Waals surface area contributed by atoms with Gasteiger partial charge in [0.05, 0.1) is 0 Å². The Labute approximate surface area is 96.9 Å². The number of carbonyl (C=O) groups is 1. The fraction of sp³-hybridized carbons (Fsp3) is 0.900. The molecule has 2 nitrogen and oxygen atoms in total. The van der Waals surface area contributed by atoms with Crippen LogP contribution in [0.5, 0.6) is 0 Å². The molecule has 3 heteroatoms. The van der Waals surface area contributed by atoms with Crippen LogP contribution in [0.3, 0.4) is 0 Å². The van der Waals surface area contributed by atoms with Crippen molar-refractivity contribution < 1.29 is 7.61 Å². The Kier molecular flexibility index (Phi) is 6.94. The second-order valence-electron chi connectivity index (χ2n) is 4.10. The molecule has 0 atom stereocenters. The van der Waals surface area contributed by atoms with Crippen LogP contribution in [-0.2, 0) is 7.61 Å². The maximum absolute atomic E-state index is 11.3. The van der Waals surface area contributed by atoms with Gasteiger partial charge < -0.3 is 0 Å². The molecule has 0 bridgehead atoms. The zero-order valence-electron chi connectivity index (χ0n) is 8.93. The average Bonchev–Trinajstić information content (AvgIpc) is 2.11. The Morgan fingerprint density at radius 3 is 2.38 bits per heavy atom. The van der Waals surface area contributed by atoms with E-state index in [2.05, 4.69) is 6.92 Å². The molecule has 0 rings (SSSR count). The summed E-state index contributed by atoms with van der Waals surface area (Å²) in [5, 5.41) is 0. The summed E-state index contributed by atoms with van der Waals surface area (Å²) in [5.74, 6) is -0.0194. The summed E-state index contributed by atoms with van der Waals surface area (Å²) in [4.78, 5) is 11.3. The standard InChI is InChI=1S/C10H20O2.Bi.2H/c1-4-5-6-7-8-10(2,3)9(11)12;;;/h4-8H2,1-3H3,(H,11,12);;;/q;+1;;/p-1. The number of carbonyl (C=O) groups excluding carboxylic acids is 1. The van der Waals surface area contributed by atoms with E-state index in [1.165, 1.54) is 19.3 Å². The summed E-state index contributed by atoms with van der Waals surface area (Å²) in [6.07, 6.45) is 5.84. The summed E-state index contributed by atoms with van der Waals surface area (Å²) < 4.78 is 4.90. The van der Waals surface area contributed by atoms with Crippen LogP contribution in [-0.4, -0.2) is 31.1 Å². The van der Waals surface area contributed by atoms with Crippen LogP contribution in [0.2, 0.25) is 0 Å². The van der Waals surface area contributed by atoms with Crippen molar-refractivity contribution in [3.05, 3.63) is 0 Å². The summed E-state index contributed by atoms with van der Waals surface area (Å²) in [7, 11) is 0. The van der Waals surface area contributed by atoms with Crippen LogP contribution in [0.25, 0.3) is 0 Å². The predicted octanol–water partition coefficient (Wildman–Crippen LogP) is 2.07. The first-order valence-corrected chi connectivity index (χ1v) is 6.79. The minimum absolute atomic E-state index is 0.0194. The summed E-state index contributed by atoms with van der Waals surface area (Å²) in [6, 6.07) is 0. The SMILES string of the molecule is CCCCCCC(C)(C)C(=O)[O][BiH2]. The minimum atomic E-state index is -0.261. The van der Waals surface area contributed by atoms with E-state index in [0.717, 1.165) is 12.8 Å². The second kappa shape index (κ2) is 6.75. The molecule has 13 heavy (non-hydrogen) atoms. The van der Waals surface area contributed by atoms with E-state index in [4.69, 9.17) is 2.81 Å². The molecule has 0 aliphatic carbocycles. The fourth-order valence-electron chi connectivity index (χ4n) is 1.26. The monoisotopic (exact) mass is 382 g/mol. The van der Waals surface area contributed by atoms with E-state index >= 15 is 0 Å². The zero-order valence-corrected chi connectivity index (χ0v) is 13.4. The molecule has 0 aliphatic rings. The summed E-state index contributed by atoms with van der Waals surface area (Å²) >= 11 is 0.326. The molecule has 0 heterocycles. The van der Waals surface area contributed by atoms with Gasteiger partial charge in [0.15, 0.2) is 0 Å². The van der Waals surface area contributed by atoms with Gasteiger partial charge in [-0.3, -0.25) is 0 Å². The van der Waals surface area contributed by atoms with Crippen molar-refractivity contribution in [3.8, 4) is 0 Å². The fourth-order valence-corrected chi connectivity index (χ4v) is 2.50. The molecule has 0 aliphatic heterocycles. The van der Waals surface area contributed by atoms with Crippen molar-refractivity contribution in [1.29, 1.82) is 0 Å². The van der Waals surface area contributed by atoms with E-state index in [-0.39, 0.29) is 11.4 Å². The number of rotatable bonds is 6. The predicted molar refractivity (Wildman–Crippen MR) is 57.2 cm³/mol. The van der Waals surface area contributed by atoms with Gasteiger partial charge in [-0.05, 0) is 0 Å². The quantitative estimate of drug-likeness (QED) is 0.520. The van der Waals surface area contributed by atoms with E-state index in [1.807, 2.05) is 13.8 Å². The molecule has 0 aromatic heterocycles. The third-order valence-corrected chi connectivity index (χ3v) is 3.15. The molecule has 0 saturated carbocycles. The number of hydrogen-bond donors (Lipinski definition) is 0. The van der Waals surface area contributed by atoms with Crippen LogP contribution in [0.4, 0.5) is 0 Å². The van der Waals surface area contributed by atoms with E-state index < -0.39 is 0 Å². The first-order valence-electron chi connectivity index (χ1n) is 4.95. The van der Waals surface area contributed by atoms with Crippen molar-refractivity contribution >= 4 is 31.1 Å². The van der Waals surface area contributed by atoms with Gasteiger partial charge >= 0.3 is 97.0 Å². The van der Waals surface area contributed by atoms with Crippen molar-refractivity contribution in [2.45, 2.75) is 52.9 Å². The van der Waals surface area contributed by atoms with Gasteiger partial charge in [-0.25, -0.2) is 0 Å². The molecule has 0 aromatic rings. The van der Waals surface area contributed by atoms with Crippen LogP contribution in [0.15, 0.2) is 0 Å². The van der Waals surface area contributed by atoms with E-state index in [1.54, 1.807) is 0 Å². The Morgan fingerprint density at radius 1 is 1.31 bits per heavy atom. The van der Waals surface area contributed by atoms with Gasteiger partial charge in [-0.15, -0.1) is 0 Å². The first kappa shape index (κ1) is 13.4. The third kappa shape index (κ3) is 5.62. The molecule has 0 fully saturated rings. The van der Waals surface area contributed by atoms with Crippen molar-refractivity contribution in [3.63, 3.8) is 0 Å². The molecule has 78 valence electrons. The molecule has 0 N–H and O–H groups in total. The molecular weight excluding hydrogens is 361 g/mol. The Hall–Kier alpha value is 0.353. The molecule has 0 amide bonds. The topological polar surface area (TPSA) is 26.3 Å². The number of unbranched alkanes of at least 4 members (excludes halogenated alkanes) is 3. The van der Waals surface area contributed by atoms with Crippen molar-refractivity contribution in [1.82, 2.24) is 0 Å². The van der Waals surface area contributed by atoms with Gasteiger partial charge in [0.2, 0.25) is 0 Å². The van der Waals surface area contributed by atoms with E-state index in [9.17, 15) is 4.79 Å². The van der Waals surface area contributed by atoms with Gasteiger partial charge in [0, 0.05) is 0 Å². The zero-order chi connectivity index (χ0) is 10.3. The second-order valence-corrected chi connectivity index (χ2v) is 5.02. The van der Waals surface area contributed by atoms with Crippen LogP contribution < -0.4 is 0 Å². The summed E-state index contributed by atoms with van der Waals surface area (Å²) in [6.45, 7) is 6.14. The molecule has 0 aromatic carbocycles. The average molecular weight is 382 g/mol. The van der Waals surface area contributed by atoms with Crippen molar-refractivity contribution in [2.75, 3.05) is 0 Å². The van der Waals surface area contributed by atoms with Gasteiger partial charge in [-0.2, -0.15) is 0 Å². The Bertz CT molecular complexity index is 155. The van der Waals surface area contributed by atoms with Gasteiger partial charge in [-0.1, -0.05) is 0 Å². The van der Waals surface area contributed by atoms with Crippen LogP contribution in [0, 0.1) is 5.41 Å². The summed E-state index contributed by atoms with van der Waals surface area (Å²) in [5.41, 5.74) is -0.261. The molecule has 0 unspecified atom stereocenters. The molecular formula is C10H21BiO2. The molecule has 0 saturated heterocycles. The third-order valence-electron chi connectivity index (χ3n) is 2.31.